The van der Waals surface area contributed by atoms with E-state index in [-0.39, 0.29) is 6.04 Å². The lowest BCUT2D eigenvalue weighted by molar-refractivity contribution is 0.246. The summed E-state index contributed by atoms with van der Waals surface area (Å²) in [6.45, 7) is 3.52. The van der Waals surface area contributed by atoms with Gasteiger partial charge in [0, 0.05) is 19.1 Å². The highest BCUT2D eigenvalue weighted by molar-refractivity contribution is 7.89. The molecule has 5 nitrogen and oxygen atoms in total. The van der Waals surface area contributed by atoms with Crippen LogP contribution in [-0.2, 0) is 10.0 Å². The molecule has 1 aliphatic rings. The van der Waals surface area contributed by atoms with Gasteiger partial charge >= 0.3 is 0 Å². The van der Waals surface area contributed by atoms with Crippen molar-refractivity contribution in [3.05, 3.63) is 24.3 Å². The zero-order valence-corrected chi connectivity index (χ0v) is 13.3. The van der Waals surface area contributed by atoms with Crippen LogP contribution in [0.5, 0.6) is 5.75 Å². The summed E-state index contributed by atoms with van der Waals surface area (Å²) in [7, 11) is -3.41. The van der Waals surface area contributed by atoms with E-state index in [1.54, 1.807) is 28.6 Å². The first-order valence-corrected chi connectivity index (χ1v) is 8.98. The molecule has 0 aliphatic carbocycles. The van der Waals surface area contributed by atoms with Crippen LogP contribution >= 0.6 is 0 Å². The van der Waals surface area contributed by atoms with Crippen molar-refractivity contribution in [2.24, 2.45) is 5.73 Å². The lowest BCUT2D eigenvalue weighted by atomic mass is 10.0. The first kappa shape index (κ1) is 16.3. The molecule has 0 spiro atoms. The van der Waals surface area contributed by atoms with Gasteiger partial charge in [0.25, 0.3) is 0 Å². The third-order valence-electron chi connectivity index (χ3n) is 3.86. The summed E-state index contributed by atoms with van der Waals surface area (Å²) in [6, 6.07) is 6.73. The average Bonchev–Trinajstić information content (AvgIpc) is 2.53. The number of hydrogen-bond donors (Lipinski definition) is 1. The Morgan fingerprint density at radius 2 is 2.00 bits per heavy atom. The van der Waals surface area contributed by atoms with E-state index in [2.05, 4.69) is 0 Å². The lowest BCUT2D eigenvalue weighted by Gasteiger charge is -2.34. The molecular formula is C15H24N2O3S. The molecule has 0 saturated carbocycles. The Hall–Kier alpha value is -1.11. The molecule has 0 amide bonds. The quantitative estimate of drug-likeness (QED) is 0.871. The van der Waals surface area contributed by atoms with Gasteiger partial charge in [0.2, 0.25) is 10.0 Å². The van der Waals surface area contributed by atoms with Crippen LogP contribution in [-0.4, -0.2) is 38.5 Å². The van der Waals surface area contributed by atoms with Gasteiger partial charge in [-0.05, 0) is 43.5 Å². The molecule has 6 heteroatoms. The minimum absolute atomic E-state index is 0.122. The molecule has 1 fully saturated rings. The monoisotopic (exact) mass is 312 g/mol. The van der Waals surface area contributed by atoms with E-state index in [4.69, 9.17) is 10.5 Å². The van der Waals surface area contributed by atoms with Crippen molar-refractivity contribution in [1.82, 2.24) is 4.31 Å². The Balaban J connectivity index is 2.18. The number of rotatable bonds is 6. The molecule has 2 N–H and O–H groups in total. The van der Waals surface area contributed by atoms with Crippen LogP contribution in [0, 0.1) is 0 Å². The van der Waals surface area contributed by atoms with E-state index < -0.39 is 10.0 Å². The van der Waals surface area contributed by atoms with Gasteiger partial charge in [-0.3, -0.25) is 0 Å². The van der Waals surface area contributed by atoms with Crippen molar-refractivity contribution in [2.45, 2.75) is 43.5 Å². The average molecular weight is 312 g/mol. The zero-order valence-electron chi connectivity index (χ0n) is 12.5. The van der Waals surface area contributed by atoms with Crippen LogP contribution < -0.4 is 10.5 Å². The van der Waals surface area contributed by atoms with Gasteiger partial charge in [0.15, 0.2) is 0 Å². The second kappa shape index (κ2) is 7.24. The normalized spacial score (nSPS) is 20.4. The summed E-state index contributed by atoms with van der Waals surface area (Å²) in [4.78, 5) is 0.336. The predicted octanol–water partition coefficient (Wildman–Crippen LogP) is 1.98. The van der Waals surface area contributed by atoms with Gasteiger partial charge < -0.3 is 10.5 Å². The maximum absolute atomic E-state index is 12.7. The minimum Gasteiger partial charge on any atom is -0.492 e. The van der Waals surface area contributed by atoms with Crippen molar-refractivity contribution in [3.8, 4) is 5.75 Å². The fourth-order valence-electron chi connectivity index (χ4n) is 2.72. The number of sulfonamides is 1. The Kier molecular flexibility index (Phi) is 5.61. The van der Waals surface area contributed by atoms with Crippen LogP contribution in [0.15, 0.2) is 29.2 Å². The van der Waals surface area contributed by atoms with Crippen LogP contribution in [0.4, 0.5) is 0 Å². The molecule has 0 aromatic heterocycles. The second-order valence-corrected chi connectivity index (χ2v) is 7.17. The maximum Gasteiger partial charge on any atom is 0.243 e. The molecule has 1 heterocycles. The molecule has 2 rings (SSSR count). The number of ether oxygens (including phenoxy) is 1. The minimum atomic E-state index is -3.41. The molecule has 21 heavy (non-hydrogen) atoms. The first-order chi connectivity index (χ1) is 10.1. The van der Waals surface area contributed by atoms with Crippen molar-refractivity contribution in [3.63, 3.8) is 0 Å². The Labute approximate surface area is 127 Å². The molecule has 1 aromatic carbocycles. The van der Waals surface area contributed by atoms with E-state index >= 15 is 0 Å². The topological polar surface area (TPSA) is 72.6 Å². The van der Waals surface area contributed by atoms with Crippen LogP contribution in [0.1, 0.15) is 32.6 Å². The molecule has 1 atom stereocenters. The van der Waals surface area contributed by atoms with Crippen molar-refractivity contribution < 1.29 is 13.2 Å². The fraction of sp³-hybridized carbons (Fsp3) is 0.600. The van der Waals surface area contributed by atoms with Gasteiger partial charge in [0.1, 0.15) is 12.4 Å². The standard InChI is InChI=1S/C15H24N2O3S/c1-2-13-5-3-4-11-17(13)21(18,19)15-8-6-14(7-9-15)20-12-10-16/h6-9,13H,2-5,10-12,16H2,1H3. The number of nitrogens with two attached hydrogens (primary N) is 1. The molecule has 0 bridgehead atoms. The van der Waals surface area contributed by atoms with Gasteiger partial charge in [-0.2, -0.15) is 4.31 Å². The molecule has 118 valence electrons. The zero-order chi connectivity index (χ0) is 15.3. The first-order valence-electron chi connectivity index (χ1n) is 7.54. The van der Waals surface area contributed by atoms with Crippen molar-refractivity contribution >= 4 is 10.0 Å². The molecular weight excluding hydrogens is 288 g/mol. The highest BCUT2D eigenvalue weighted by Crippen LogP contribution is 2.27. The van der Waals surface area contributed by atoms with Gasteiger partial charge in [-0.15, -0.1) is 0 Å². The molecule has 1 aromatic rings. The SMILES string of the molecule is CCC1CCCCN1S(=O)(=O)c1ccc(OCCN)cc1. The van der Waals surface area contributed by atoms with Gasteiger partial charge in [-0.1, -0.05) is 13.3 Å². The van der Waals surface area contributed by atoms with Crippen LogP contribution in [0.3, 0.4) is 0 Å². The Bertz CT molecular complexity index is 543. The molecule has 1 saturated heterocycles. The van der Waals surface area contributed by atoms with E-state index in [0.717, 1.165) is 25.7 Å². The van der Waals surface area contributed by atoms with E-state index in [1.807, 2.05) is 6.92 Å². The third-order valence-corrected chi connectivity index (χ3v) is 5.83. The molecule has 0 radical (unpaired) electrons. The smallest absolute Gasteiger partial charge is 0.243 e. The summed E-state index contributed by atoms with van der Waals surface area (Å²) < 4.78 is 32.5. The predicted molar refractivity (Wildman–Crippen MR) is 82.8 cm³/mol. The van der Waals surface area contributed by atoms with Crippen molar-refractivity contribution in [2.75, 3.05) is 19.7 Å². The highest BCUT2D eigenvalue weighted by atomic mass is 32.2. The number of hydrogen-bond acceptors (Lipinski definition) is 4. The summed E-state index contributed by atoms with van der Waals surface area (Å²) in [5.74, 6) is 0.644. The van der Waals surface area contributed by atoms with E-state index in [1.165, 1.54) is 0 Å². The summed E-state index contributed by atoms with van der Waals surface area (Å²) >= 11 is 0. The highest BCUT2D eigenvalue weighted by Gasteiger charge is 2.32. The summed E-state index contributed by atoms with van der Waals surface area (Å²) in [5, 5.41) is 0. The maximum atomic E-state index is 12.7. The van der Waals surface area contributed by atoms with Gasteiger partial charge in [-0.25, -0.2) is 8.42 Å². The van der Waals surface area contributed by atoms with E-state index in [9.17, 15) is 8.42 Å². The van der Waals surface area contributed by atoms with Crippen molar-refractivity contribution in [1.29, 1.82) is 0 Å². The second-order valence-electron chi connectivity index (χ2n) is 5.28. The molecule has 1 aliphatic heterocycles. The third kappa shape index (κ3) is 3.75. The molecule has 1 unspecified atom stereocenters. The summed E-state index contributed by atoms with van der Waals surface area (Å²) in [6.07, 6.45) is 3.86. The Morgan fingerprint density at radius 1 is 1.29 bits per heavy atom. The van der Waals surface area contributed by atoms with Crippen LogP contribution in [0.25, 0.3) is 0 Å². The lowest BCUT2D eigenvalue weighted by Crippen LogP contribution is -2.43. The fourth-order valence-corrected chi connectivity index (χ4v) is 4.49. The number of nitrogens with zero attached hydrogens (tertiary/aromatic N) is 1. The largest absolute Gasteiger partial charge is 0.492 e. The van der Waals surface area contributed by atoms with Crippen LogP contribution in [0.2, 0.25) is 0 Å². The number of benzene rings is 1. The Morgan fingerprint density at radius 3 is 2.62 bits per heavy atom. The summed E-state index contributed by atoms with van der Waals surface area (Å²) in [5.41, 5.74) is 5.38. The van der Waals surface area contributed by atoms with E-state index in [0.29, 0.717) is 30.3 Å². The number of piperidine rings is 1. The van der Waals surface area contributed by atoms with Gasteiger partial charge in [0.05, 0.1) is 4.90 Å².